The first-order chi connectivity index (χ1) is 9.63. The number of nitrogens with one attached hydrogen (secondary N) is 2. The molecule has 1 saturated heterocycles. The van der Waals surface area contributed by atoms with Crippen molar-refractivity contribution in [1.82, 2.24) is 5.32 Å². The average Bonchev–Trinajstić information content (AvgIpc) is 2.72. The molecule has 0 aromatic heterocycles. The number of halogens is 2. The summed E-state index contributed by atoms with van der Waals surface area (Å²) in [5, 5.41) is 6.26. The van der Waals surface area contributed by atoms with Gasteiger partial charge in [0.05, 0.1) is 18.4 Å². The molecular formula is C14H18F2N2O2. The van der Waals surface area contributed by atoms with Gasteiger partial charge < -0.3 is 15.4 Å². The summed E-state index contributed by atoms with van der Waals surface area (Å²) in [5.74, 6) is -3.09. The van der Waals surface area contributed by atoms with Gasteiger partial charge in [0.1, 0.15) is 0 Å². The van der Waals surface area contributed by atoms with Gasteiger partial charge in [-0.2, -0.15) is 0 Å². The maximum atomic E-state index is 14.0. The number of anilines is 1. The van der Waals surface area contributed by atoms with Crippen LogP contribution in [-0.2, 0) is 4.74 Å². The molecule has 1 fully saturated rings. The summed E-state index contributed by atoms with van der Waals surface area (Å²) in [6.07, 6.45) is 2.73. The van der Waals surface area contributed by atoms with Crippen molar-refractivity contribution in [2.24, 2.45) is 0 Å². The van der Waals surface area contributed by atoms with Crippen LogP contribution in [0.5, 0.6) is 0 Å². The standard InChI is InChI=1S/C14H18F2N2O2/c1-20-14(19)10-4-5-11(13(16)12(10)15)18-9-3-2-7-17-8-6-9/h4-5,9,17-18H,2-3,6-8H2,1H3. The maximum Gasteiger partial charge on any atom is 0.340 e. The predicted molar refractivity (Wildman–Crippen MR) is 71.8 cm³/mol. The molecule has 0 radical (unpaired) electrons. The molecule has 4 nitrogen and oxygen atoms in total. The number of benzene rings is 1. The molecule has 1 aliphatic rings. The summed E-state index contributed by atoms with van der Waals surface area (Å²) in [6, 6.07) is 2.72. The second-order valence-electron chi connectivity index (χ2n) is 4.80. The Balaban J connectivity index is 2.16. The third-order valence-electron chi connectivity index (χ3n) is 3.42. The zero-order chi connectivity index (χ0) is 14.5. The fourth-order valence-corrected chi connectivity index (χ4v) is 2.31. The molecule has 0 amide bonds. The van der Waals surface area contributed by atoms with Gasteiger partial charge in [-0.05, 0) is 44.5 Å². The topological polar surface area (TPSA) is 50.4 Å². The number of hydrogen-bond acceptors (Lipinski definition) is 4. The Morgan fingerprint density at radius 3 is 2.85 bits per heavy atom. The molecule has 1 aromatic rings. The van der Waals surface area contributed by atoms with Crippen LogP contribution in [0.4, 0.5) is 14.5 Å². The van der Waals surface area contributed by atoms with E-state index in [1.54, 1.807) is 0 Å². The molecule has 1 heterocycles. The van der Waals surface area contributed by atoms with Crippen molar-refractivity contribution >= 4 is 11.7 Å². The van der Waals surface area contributed by atoms with Crippen LogP contribution in [0, 0.1) is 11.6 Å². The molecule has 0 aliphatic carbocycles. The van der Waals surface area contributed by atoms with Gasteiger partial charge in [0.25, 0.3) is 0 Å². The van der Waals surface area contributed by atoms with Gasteiger partial charge in [0, 0.05) is 6.04 Å². The van der Waals surface area contributed by atoms with Crippen molar-refractivity contribution in [2.45, 2.75) is 25.3 Å². The Kier molecular flexibility index (Phi) is 4.89. The van der Waals surface area contributed by atoms with Gasteiger partial charge in [-0.1, -0.05) is 0 Å². The molecule has 0 bridgehead atoms. The number of carbonyl (C=O) groups is 1. The van der Waals surface area contributed by atoms with Crippen molar-refractivity contribution in [3.05, 3.63) is 29.3 Å². The maximum absolute atomic E-state index is 14.0. The van der Waals surface area contributed by atoms with Gasteiger partial charge in [-0.3, -0.25) is 0 Å². The zero-order valence-electron chi connectivity index (χ0n) is 11.3. The van der Waals surface area contributed by atoms with Crippen molar-refractivity contribution in [2.75, 3.05) is 25.5 Å². The summed E-state index contributed by atoms with van der Waals surface area (Å²) in [6.45, 7) is 1.79. The number of methoxy groups -OCH3 is 1. The van der Waals surface area contributed by atoms with Crippen LogP contribution in [0.3, 0.4) is 0 Å². The van der Waals surface area contributed by atoms with Crippen molar-refractivity contribution < 1.29 is 18.3 Å². The van der Waals surface area contributed by atoms with Crippen molar-refractivity contribution in [3.63, 3.8) is 0 Å². The molecule has 0 saturated carbocycles. The Morgan fingerprint density at radius 1 is 1.30 bits per heavy atom. The number of rotatable bonds is 3. The van der Waals surface area contributed by atoms with Gasteiger partial charge >= 0.3 is 5.97 Å². The van der Waals surface area contributed by atoms with E-state index in [0.717, 1.165) is 39.5 Å². The lowest BCUT2D eigenvalue weighted by Gasteiger charge is -2.18. The van der Waals surface area contributed by atoms with Crippen LogP contribution in [-0.4, -0.2) is 32.2 Å². The van der Waals surface area contributed by atoms with E-state index in [1.165, 1.54) is 12.1 Å². The lowest BCUT2D eigenvalue weighted by molar-refractivity contribution is 0.0594. The van der Waals surface area contributed by atoms with Crippen LogP contribution in [0.15, 0.2) is 12.1 Å². The summed E-state index contributed by atoms with van der Waals surface area (Å²) < 4.78 is 32.2. The number of esters is 1. The molecule has 20 heavy (non-hydrogen) atoms. The minimum atomic E-state index is -1.17. The lowest BCUT2D eigenvalue weighted by Crippen LogP contribution is -2.22. The van der Waals surface area contributed by atoms with E-state index >= 15 is 0 Å². The van der Waals surface area contributed by atoms with Crippen LogP contribution >= 0.6 is 0 Å². The number of ether oxygens (including phenoxy) is 1. The van der Waals surface area contributed by atoms with E-state index < -0.39 is 23.2 Å². The zero-order valence-corrected chi connectivity index (χ0v) is 11.3. The van der Waals surface area contributed by atoms with E-state index in [0.29, 0.717) is 0 Å². The highest BCUT2D eigenvalue weighted by molar-refractivity contribution is 5.90. The van der Waals surface area contributed by atoms with E-state index in [1.807, 2.05) is 0 Å². The molecule has 6 heteroatoms. The molecular weight excluding hydrogens is 266 g/mol. The molecule has 1 atom stereocenters. The Labute approximate surface area is 116 Å². The SMILES string of the molecule is COC(=O)c1ccc(NC2CCCNCC2)c(F)c1F. The summed E-state index contributed by atoms with van der Waals surface area (Å²) in [4.78, 5) is 11.3. The Bertz CT molecular complexity index is 486. The highest BCUT2D eigenvalue weighted by Gasteiger charge is 2.21. The van der Waals surface area contributed by atoms with Gasteiger partial charge in [0.2, 0.25) is 0 Å². The van der Waals surface area contributed by atoms with Gasteiger partial charge in [0.15, 0.2) is 11.6 Å². The van der Waals surface area contributed by atoms with Crippen molar-refractivity contribution in [3.8, 4) is 0 Å². The average molecular weight is 284 g/mol. The highest BCUT2D eigenvalue weighted by Crippen LogP contribution is 2.23. The normalized spacial score (nSPS) is 19.2. The fourth-order valence-electron chi connectivity index (χ4n) is 2.31. The summed E-state index contributed by atoms with van der Waals surface area (Å²) in [5.41, 5.74) is -0.305. The monoisotopic (exact) mass is 284 g/mol. The van der Waals surface area contributed by atoms with Crippen LogP contribution in [0.1, 0.15) is 29.6 Å². The molecule has 1 aliphatic heterocycles. The Hall–Kier alpha value is -1.69. The number of carbonyl (C=O) groups excluding carboxylic acids is 1. The third-order valence-corrected chi connectivity index (χ3v) is 3.42. The van der Waals surface area contributed by atoms with Gasteiger partial charge in [-0.25, -0.2) is 13.6 Å². The van der Waals surface area contributed by atoms with E-state index in [2.05, 4.69) is 15.4 Å². The Morgan fingerprint density at radius 2 is 2.10 bits per heavy atom. The summed E-state index contributed by atoms with van der Waals surface area (Å²) in [7, 11) is 1.13. The predicted octanol–water partition coefficient (Wildman–Crippen LogP) is 2.31. The summed E-state index contributed by atoms with van der Waals surface area (Å²) >= 11 is 0. The minimum absolute atomic E-state index is 0.0852. The first kappa shape index (κ1) is 14.7. The largest absolute Gasteiger partial charge is 0.465 e. The van der Waals surface area contributed by atoms with E-state index in [-0.39, 0.29) is 11.7 Å². The second kappa shape index (κ2) is 6.65. The molecule has 1 aromatic carbocycles. The van der Waals surface area contributed by atoms with Crippen LogP contribution in [0.2, 0.25) is 0 Å². The van der Waals surface area contributed by atoms with Crippen molar-refractivity contribution in [1.29, 1.82) is 0 Å². The lowest BCUT2D eigenvalue weighted by atomic mass is 10.1. The van der Waals surface area contributed by atoms with Crippen LogP contribution < -0.4 is 10.6 Å². The highest BCUT2D eigenvalue weighted by atomic mass is 19.2. The molecule has 0 spiro atoms. The first-order valence-corrected chi connectivity index (χ1v) is 6.67. The molecule has 2 N–H and O–H groups in total. The first-order valence-electron chi connectivity index (χ1n) is 6.67. The third kappa shape index (κ3) is 3.25. The van der Waals surface area contributed by atoms with Crippen LogP contribution in [0.25, 0.3) is 0 Å². The van der Waals surface area contributed by atoms with E-state index in [9.17, 15) is 13.6 Å². The van der Waals surface area contributed by atoms with E-state index in [4.69, 9.17) is 0 Å². The smallest absolute Gasteiger partial charge is 0.340 e. The number of hydrogen-bond donors (Lipinski definition) is 2. The molecule has 2 rings (SSSR count). The minimum Gasteiger partial charge on any atom is -0.465 e. The quantitative estimate of drug-likeness (QED) is 0.836. The molecule has 110 valence electrons. The fraction of sp³-hybridized carbons (Fsp3) is 0.500. The van der Waals surface area contributed by atoms with Gasteiger partial charge in [-0.15, -0.1) is 0 Å². The second-order valence-corrected chi connectivity index (χ2v) is 4.80. The molecule has 1 unspecified atom stereocenters.